The molecule has 8 rings (SSSR count). The van der Waals surface area contributed by atoms with E-state index in [2.05, 4.69) is 118 Å². The van der Waals surface area contributed by atoms with Crippen molar-refractivity contribution in [3.8, 4) is 0 Å². The molecule has 294 valence electrons. The smallest absolute Gasteiger partial charge is 0.0590 e. The van der Waals surface area contributed by atoms with Crippen LogP contribution in [-0.2, 0) is 13.1 Å². The summed E-state index contributed by atoms with van der Waals surface area (Å²) in [6, 6.07) is 51.8. The van der Waals surface area contributed by atoms with Gasteiger partial charge in [-0.1, -0.05) is 136 Å². The van der Waals surface area contributed by atoms with Crippen LogP contribution in [-0.4, -0.2) is 35.7 Å². The minimum Gasteiger partial charge on any atom is -0.340 e. The van der Waals surface area contributed by atoms with E-state index in [1.54, 1.807) is 0 Å². The molecule has 2 heterocycles. The molecule has 6 aromatic carbocycles. The molecule has 0 aliphatic rings. The fourth-order valence-corrected chi connectivity index (χ4v) is 8.47. The van der Waals surface area contributed by atoms with E-state index in [0.717, 1.165) is 35.6 Å². The van der Waals surface area contributed by atoms with Crippen LogP contribution in [0.2, 0.25) is 0 Å². The highest BCUT2D eigenvalue weighted by atomic mass is 15.4. The van der Waals surface area contributed by atoms with Crippen LogP contribution in [0.1, 0.15) is 75.3 Å². The molecule has 0 bridgehead atoms. The van der Waals surface area contributed by atoms with E-state index in [9.17, 15) is 0 Å². The predicted molar refractivity (Wildman–Crippen MR) is 250 cm³/mol. The van der Waals surface area contributed by atoms with E-state index in [1.165, 1.54) is 108 Å². The first-order valence-corrected chi connectivity index (χ1v) is 21.3. The van der Waals surface area contributed by atoms with Gasteiger partial charge in [-0.3, -0.25) is 10.0 Å². The van der Waals surface area contributed by atoms with E-state index in [1.807, 2.05) is 72.9 Å². The van der Waals surface area contributed by atoms with Gasteiger partial charge in [-0.05, 0) is 84.6 Å². The van der Waals surface area contributed by atoms with Crippen molar-refractivity contribution in [2.75, 3.05) is 24.1 Å². The lowest BCUT2D eigenvalue weighted by atomic mass is 10.1. The van der Waals surface area contributed by atoms with Crippen molar-refractivity contribution in [3.63, 3.8) is 0 Å². The molecule has 0 N–H and O–H groups in total. The molecule has 0 amide bonds. The van der Waals surface area contributed by atoms with Gasteiger partial charge in [-0.2, -0.15) is 10.2 Å². The summed E-state index contributed by atoms with van der Waals surface area (Å²) >= 11 is 0. The molecule has 0 fully saturated rings. The van der Waals surface area contributed by atoms with Crippen LogP contribution in [0.15, 0.2) is 156 Å². The molecule has 0 saturated heterocycles. The minimum absolute atomic E-state index is 1.06. The largest absolute Gasteiger partial charge is 0.340 e. The van der Waals surface area contributed by atoms with E-state index in [-0.39, 0.29) is 0 Å². The van der Waals surface area contributed by atoms with Crippen LogP contribution in [0.4, 0.5) is 11.4 Å². The number of benzene rings is 6. The Labute approximate surface area is 343 Å². The summed E-state index contributed by atoms with van der Waals surface area (Å²) in [5.41, 5.74) is 9.66. The summed E-state index contributed by atoms with van der Waals surface area (Å²) in [4.78, 5) is 0. The lowest BCUT2D eigenvalue weighted by Gasteiger charge is -2.12. The molecule has 0 spiro atoms. The molecule has 0 aliphatic carbocycles. The Morgan fingerprint density at radius 3 is 1.14 bits per heavy atom. The third-order valence-electron chi connectivity index (χ3n) is 11.6. The summed E-state index contributed by atoms with van der Waals surface area (Å²) in [5, 5.41) is 18.5. The second-order valence-corrected chi connectivity index (χ2v) is 15.6. The van der Waals surface area contributed by atoms with Crippen molar-refractivity contribution in [3.05, 3.63) is 157 Å². The first-order valence-electron chi connectivity index (χ1n) is 21.3. The summed E-state index contributed by atoms with van der Waals surface area (Å²) in [7, 11) is 3.98. The maximum atomic E-state index is 4.71. The van der Waals surface area contributed by atoms with Crippen molar-refractivity contribution in [1.82, 2.24) is 9.13 Å². The van der Waals surface area contributed by atoms with Gasteiger partial charge in [0.25, 0.3) is 0 Å². The summed E-state index contributed by atoms with van der Waals surface area (Å²) in [5.74, 6) is 0. The molecule has 0 saturated carbocycles. The van der Waals surface area contributed by atoms with Gasteiger partial charge in [-0.25, -0.2) is 0 Å². The molecule has 0 unspecified atom stereocenters. The number of para-hydroxylation sites is 4. The van der Waals surface area contributed by atoms with Gasteiger partial charge in [0.1, 0.15) is 0 Å². The van der Waals surface area contributed by atoms with Crippen LogP contribution in [0.5, 0.6) is 0 Å². The first kappa shape index (κ1) is 38.7. The maximum Gasteiger partial charge on any atom is 0.0590 e. The Balaban J connectivity index is 0.763. The third kappa shape index (κ3) is 9.02. The summed E-state index contributed by atoms with van der Waals surface area (Å²) < 4.78 is 5.06. The highest BCUT2D eigenvalue weighted by Crippen LogP contribution is 2.32. The fourth-order valence-electron chi connectivity index (χ4n) is 8.47. The average Bonchev–Trinajstić information content (AvgIpc) is 3.76. The number of aryl methyl sites for hydroxylation is 2. The Kier molecular flexibility index (Phi) is 12.6. The maximum absolute atomic E-state index is 4.71. The van der Waals surface area contributed by atoms with E-state index < -0.39 is 0 Å². The van der Waals surface area contributed by atoms with Crippen molar-refractivity contribution in [2.45, 2.75) is 77.3 Å². The highest BCUT2D eigenvalue weighted by molar-refractivity contribution is 6.10. The minimum atomic E-state index is 1.06. The summed E-state index contributed by atoms with van der Waals surface area (Å²) in [6.45, 7) is 2.11. The van der Waals surface area contributed by atoms with Gasteiger partial charge in [0.15, 0.2) is 0 Å². The van der Waals surface area contributed by atoms with Crippen LogP contribution in [0.25, 0.3) is 43.6 Å². The quantitative estimate of drug-likeness (QED) is 0.0467. The SMILES string of the molecule is CN(N=Cc1ccc2c(c1)c1ccccc1n2CCCCCCCCCCCCn1c2ccccc2c2cc(C=NN(C)c3ccccc3)ccc21)c1ccccc1. The van der Waals surface area contributed by atoms with Crippen LogP contribution in [0.3, 0.4) is 0 Å². The zero-order valence-electron chi connectivity index (χ0n) is 34.2. The number of hydrogen-bond donors (Lipinski definition) is 0. The molecule has 6 nitrogen and oxygen atoms in total. The molecule has 58 heavy (non-hydrogen) atoms. The van der Waals surface area contributed by atoms with Gasteiger partial charge in [-0.15, -0.1) is 0 Å². The fraction of sp³-hybridized carbons (Fsp3) is 0.269. The lowest BCUT2D eigenvalue weighted by molar-refractivity contribution is 0.529. The predicted octanol–water partition coefficient (Wildman–Crippen LogP) is 13.4. The Bertz CT molecular complexity index is 2430. The zero-order valence-corrected chi connectivity index (χ0v) is 34.2. The summed E-state index contributed by atoms with van der Waals surface area (Å²) in [6.07, 6.45) is 16.9. The van der Waals surface area contributed by atoms with Crippen LogP contribution < -0.4 is 10.0 Å². The highest BCUT2D eigenvalue weighted by Gasteiger charge is 2.12. The monoisotopic (exact) mass is 764 g/mol. The lowest BCUT2D eigenvalue weighted by Crippen LogP contribution is -2.08. The number of nitrogens with zero attached hydrogens (tertiary/aromatic N) is 6. The number of hydrazone groups is 2. The molecule has 0 radical (unpaired) electrons. The standard InChI is InChI=1S/C52H56N6/c1-55(43-23-13-11-14-24-43)53-39-41-31-33-51-47(37-41)45-27-17-19-29-49(45)57(51)35-21-9-7-5-3-4-6-8-10-22-36-58-50-30-20-18-28-46(50)48-38-42(32-34-52(48)58)40-54-56(2)44-25-15-12-16-26-44/h11-20,23-34,37-40H,3-10,21-22,35-36H2,1-2H3. The molecule has 2 aromatic heterocycles. The molecular weight excluding hydrogens is 709 g/mol. The third-order valence-corrected chi connectivity index (χ3v) is 11.6. The van der Waals surface area contributed by atoms with Crippen molar-refractivity contribution in [2.24, 2.45) is 10.2 Å². The topological polar surface area (TPSA) is 41.1 Å². The molecule has 0 atom stereocenters. The molecule has 8 aromatic rings. The molecule has 0 aliphatic heterocycles. The number of aromatic nitrogens is 2. The van der Waals surface area contributed by atoms with E-state index in [4.69, 9.17) is 10.2 Å². The van der Waals surface area contributed by atoms with Crippen LogP contribution in [0, 0.1) is 0 Å². The normalized spacial score (nSPS) is 12.0. The number of fused-ring (bicyclic) bond motifs is 6. The average molecular weight is 765 g/mol. The van der Waals surface area contributed by atoms with Crippen molar-refractivity contribution in [1.29, 1.82) is 0 Å². The Hall–Kier alpha value is -6.14. The van der Waals surface area contributed by atoms with Gasteiger partial charge in [0.2, 0.25) is 0 Å². The van der Waals surface area contributed by atoms with Crippen molar-refractivity contribution >= 4 is 67.4 Å². The number of anilines is 2. The number of rotatable bonds is 19. The number of hydrogen-bond acceptors (Lipinski definition) is 4. The molecular formula is C52H56N6. The van der Waals surface area contributed by atoms with E-state index in [0.29, 0.717) is 0 Å². The first-order chi connectivity index (χ1) is 28.6. The zero-order chi connectivity index (χ0) is 39.5. The Morgan fingerprint density at radius 1 is 0.379 bits per heavy atom. The second kappa shape index (κ2) is 18.9. The molecule has 6 heteroatoms. The van der Waals surface area contributed by atoms with Gasteiger partial charge >= 0.3 is 0 Å². The second-order valence-electron chi connectivity index (χ2n) is 15.6. The van der Waals surface area contributed by atoms with Crippen LogP contribution >= 0.6 is 0 Å². The van der Waals surface area contributed by atoms with Gasteiger partial charge in [0.05, 0.1) is 23.8 Å². The van der Waals surface area contributed by atoms with Crippen molar-refractivity contribution < 1.29 is 0 Å². The Morgan fingerprint density at radius 2 is 0.724 bits per heavy atom. The van der Waals surface area contributed by atoms with E-state index >= 15 is 0 Å². The van der Waals surface area contributed by atoms with Gasteiger partial charge in [0, 0.05) is 70.8 Å². The number of unbranched alkanes of at least 4 members (excludes halogenated alkanes) is 9. The van der Waals surface area contributed by atoms with Gasteiger partial charge < -0.3 is 9.13 Å².